The first-order valence-corrected chi connectivity index (χ1v) is 4.38. The Bertz CT molecular complexity index is 472. The Hall–Kier alpha value is -2.35. The van der Waals surface area contributed by atoms with Gasteiger partial charge in [-0.05, 0) is 18.2 Å². The van der Waals surface area contributed by atoms with Crippen molar-refractivity contribution in [2.75, 3.05) is 5.32 Å². The highest BCUT2D eigenvalue weighted by Crippen LogP contribution is 2.10. The van der Waals surface area contributed by atoms with Crippen molar-refractivity contribution in [3.63, 3.8) is 0 Å². The SMILES string of the molecule is N#Cc1cccc(NCc2ncon2)c1. The third kappa shape index (κ3) is 2.31. The molecule has 2 aromatic rings. The first kappa shape index (κ1) is 9.21. The minimum atomic E-state index is 0.478. The maximum absolute atomic E-state index is 8.70. The van der Waals surface area contributed by atoms with Crippen molar-refractivity contribution in [3.8, 4) is 6.07 Å². The van der Waals surface area contributed by atoms with Crippen LogP contribution in [-0.4, -0.2) is 10.1 Å². The third-order valence-electron chi connectivity index (χ3n) is 1.85. The number of hydrogen-bond acceptors (Lipinski definition) is 5. The number of rotatable bonds is 3. The predicted octanol–water partition coefficient (Wildman–Crippen LogP) is 1.55. The Morgan fingerprint density at radius 1 is 1.47 bits per heavy atom. The second-order valence-corrected chi connectivity index (χ2v) is 2.89. The molecule has 0 aliphatic carbocycles. The fourth-order valence-corrected chi connectivity index (χ4v) is 1.15. The minimum absolute atomic E-state index is 0.478. The van der Waals surface area contributed by atoms with E-state index in [2.05, 4.69) is 26.0 Å². The first-order valence-electron chi connectivity index (χ1n) is 4.38. The Morgan fingerprint density at radius 2 is 2.40 bits per heavy atom. The van der Waals surface area contributed by atoms with Crippen LogP contribution >= 0.6 is 0 Å². The van der Waals surface area contributed by atoms with E-state index in [1.807, 2.05) is 12.1 Å². The second-order valence-electron chi connectivity index (χ2n) is 2.89. The van der Waals surface area contributed by atoms with E-state index in [4.69, 9.17) is 5.26 Å². The number of benzene rings is 1. The molecule has 0 aliphatic rings. The first-order chi connectivity index (χ1) is 7.38. The van der Waals surface area contributed by atoms with E-state index in [1.165, 1.54) is 6.39 Å². The van der Waals surface area contributed by atoms with Gasteiger partial charge in [0.25, 0.3) is 0 Å². The van der Waals surface area contributed by atoms with Crippen molar-refractivity contribution in [1.29, 1.82) is 5.26 Å². The number of hydrogen-bond donors (Lipinski definition) is 1. The van der Waals surface area contributed by atoms with Gasteiger partial charge in [0.1, 0.15) is 0 Å². The molecule has 1 N–H and O–H groups in total. The molecule has 0 radical (unpaired) electrons. The van der Waals surface area contributed by atoms with E-state index in [0.29, 0.717) is 17.9 Å². The van der Waals surface area contributed by atoms with Crippen LogP contribution in [0.15, 0.2) is 35.2 Å². The van der Waals surface area contributed by atoms with Crippen LogP contribution in [0.4, 0.5) is 5.69 Å². The Kier molecular flexibility index (Phi) is 2.61. The van der Waals surface area contributed by atoms with Crippen LogP contribution in [0.2, 0.25) is 0 Å². The fourth-order valence-electron chi connectivity index (χ4n) is 1.15. The molecule has 1 aromatic carbocycles. The molecule has 1 aromatic heterocycles. The van der Waals surface area contributed by atoms with Gasteiger partial charge in [-0.25, -0.2) is 0 Å². The van der Waals surface area contributed by atoms with Gasteiger partial charge in [0.2, 0.25) is 6.39 Å². The molecule has 0 spiro atoms. The van der Waals surface area contributed by atoms with Gasteiger partial charge in [-0.1, -0.05) is 11.2 Å². The molecular formula is C10H8N4O. The minimum Gasteiger partial charge on any atom is -0.378 e. The van der Waals surface area contributed by atoms with Crippen molar-refractivity contribution >= 4 is 5.69 Å². The molecule has 0 unspecified atom stereocenters. The largest absolute Gasteiger partial charge is 0.378 e. The van der Waals surface area contributed by atoms with Gasteiger partial charge in [0, 0.05) is 5.69 Å². The van der Waals surface area contributed by atoms with Gasteiger partial charge in [0.15, 0.2) is 5.82 Å². The van der Waals surface area contributed by atoms with Crippen LogP contribution in [0.5, 0.6) is 0 Å². The lowest BCUT2D eigenvalue weighted by molar-refractivity contribution is 0.411. The quantitative estimate of drug-likeness (QED) is 0.813. The van der Waals surface area contributed by atoms with E-state index in [-0.39, 0.29) is 0 Å². The molecular weight excluding hydrogens is 192 g/mol. The zero-order valence-electron chi connectivity index (χ0n) is 7.84. The van der Waals surface area contributed by atoms with Crippen molar-refractivity contribution in [2.45, 2.75) is 6.54 Å². The molecule has 15 heavy (non-hydrogen) atoms. The topological polar surface area (TPSA) is 74.7 Å². The molecule has 5 heteroatoms. The lowest BCUT2D eigenvalue weighted by atomic mass is 10.2. The maximum Gasteiger partial charge on any atom is 0.213 e. The lowest BCUT2D eigenvalue weighted by Crippen LogP contribution is -2.00. The number of nitriles is 1. The third-order valence-corrected chi connectivity index (χ3v) is 1.85. The molecule has 0 amide bonds. The van der Waals surface area contributed by atoms with Gasteiger partial charge < -0.3 is 9.84 Å². The Balaban J connectivity index is 2.02. The van der Waals surface area contributed by atoms with Crippen LogP contribution in [0.25, 0.3) is 0 Å². The smallest absolute Gasteiger partial charge is 0.213 e. The monoisotopic (exact) mass is 200 g/mol. The van der Waals surface area contributed by atoms with Gasteiger partial charge in [-0.2, -0.15) is 10.2 Å². The molecule has 5 nitrogen and oxygen atoms in total. The van der Waals surface area contributed by atoms with Crippen LogP contribution in [0, 0.1) is 11.3 Å². The Labute approximate surface area is 86.3 Å². The number of nitrogens with zero attached hydrogens (tertiary/aromatic N) is 3. The summed E-state index contributed by atoms with van der Waals surface area (Å²) in [5.74, 6) is 0.581. The molecule has 0 bridgehead atoms. The fraction of sp³-hybridized carbons (Fsp3) is 0.100. The van der Waals surface area contributed by atoms with Gasteiger partial charge in [-0.15, -0.1) is 0 Å². The lowest BCUT2D eigenvalue weighted by Gasteiger charge is -2.02. The summed E-state index contributed by atoms with van der Waals surface area (Å²) >= 11 is 0. The van der Waals surface area contributed by atoms with Gasteiger partial charge in [0.05, 0.1) is 18.2 Å². The van der Waals surface area contributed by atoms with E-state index in [9.17, 15) is 0 Å². The van der Waals surface area contributed by atoms with Crippen LogP contribution in [0.3, 0.4) is 0 Å². The maximum atomic E-state index is 8.70. The number of aromatic nitrogens is 2. The molecule has 0 saturated heterocycles. The highest BCUT2D eigenvalue weighted by molar-refractivity contribution is 5.48. The number of anilines is 1. The average Bonchev–Trinajstić information content (AvgIpc) is 2.79. The standard InChI is InChI=1S/C10H8N4O/c11-5-8-2-1-3-9(4-8)12-6-10-13-7-15-14-10/h1-4,7,12H,6H2. The van der Waals surface area contributed by atoms with Crippen LogP contribution in [-0.2, 0) is 6.54 Å². The molecule has 0 aliphatic heterocycles. The van der Waals surface area contributed by atoms with Crippen molar-refractivity contribution < 1.29 is 4.52 Å². The van der Waals surface area contributed by atoms with Gasteiger partial charge >= 0.3 is 0 Å². The van der Waals surface area contributed by atoms with E-state index in [0.717, 1.165) is 5.69 Å². The van der Waals surface area contributed by atoms with E-state index in [1.54, 1.807) is 12.1 Å². The molecule has 2 rings (SSSR count). The van der Waals surface area contributed by atoms with Crippen LogP contribution < -0.4 is 5.32 Å². The zero-order chi connectivity index (χ0) is 10.5. The normalized spacial score (nSPS) is 9.53. The summed E-state index contributed by atoms with van der Waals surface area (Å²) in [6.07, 6.45) is 1.28. The molecule has 1 heterocycles. The van der Waals surface area contributed by atoms with Gasteiger partial charge in [-0.3, -0.25) is 0 Å². The van der Waals surface area contributed by atoms with Crippen molar-refractivity contribution in [1.82, 2.24) is 10.1 Å². The highest BCUT2D eigenvalue weighted by atomic mass is 16.5. The summed E-state index contributed by atoms with van der Waals surface area (Å²) < 4.78 is 4.59. The summed E-state index contributed by atoms with van der Waals surface area (Å²) in [5.41, 5.74) is 1.48. The van der Waals surface area contributed by atoms with E-state index >= 15 is 0 Å². The Morgan fingerprint density at radius 3 is 3.13 bits per heavy atom. The average molecular weight is 200 g/mol. The summed E-state index contributed by atoms with van der Waals surface area (Å²) in [4.78, 5) is 3.87. The molecule has 0 fully saturated rings. The second kappa shape index (κ2) is 4.24. The summed E-state index contributed by atoms with van der Waals surface area (Å²) in [6, 6.07) is 9.28. The zero-order valence-corrected chi connectivity index (χ0v) is 7.84. The highest BCUT2D eigenvalue weighted by Gasteiger charge is 1.98. The molecule has 0 saturated carbocycles. The predicted molar refractivity (Wildman–Crippen MR) is 52.8 cm³/mol. The van der Waals surface area contributed by atoms with Crippen LogP contribution in [0.1, 0.15) is 11.4 Å². The van der Waals surface area contributed by atoms with Crippen molar-refractivity contribution in [2.24, 2.45) is 0 Å². The summed E-state index contributed by atoms with van der Waals surface area (Å²) in [7, 11) is 0. The summed E-state index contributed by atoms with van der Waals surface area (Å²) in [5, 5.41) is 15.4. The van der Waals surface area contributed by atoms with Crippen molar-refractivity contribution in [3.05, 3.63) is 42.0 Å². The molecule has 0 atom stereocenters. The molecule has 74 valence electrons. The van der Waals surface area contributed by atoms with E-state index < -0.39 is 0 Å². The summed E-state index contributed by atoms with van der Waals surface area (Å²) in [6.45, 7) is 0.478. The number of nitrogens with one attached hydrogen (secondary N) is 1.